The van der Waals surface area contributed by atoms with E-state index in [1.54, 1.807) is 6.07 Å². The second kappa shape index (κ2) is 4.10. The van der Waals surface area contributed by atoms with Crippen molar-refractivity contribution in [3.8, 4) is 0 Å². The molecule has 7 heteroatoms. The maximum atomic E-state index is 10.8. The summed E-state index contributed by atoms with van der Waals surface area (Å²) in [6.07, 6.45) is 0. The third-order valence-corrected chi connectivity index (χ3v) is 1.93. The first kappa shape index (κ1) is 11.2. The van der Waals surface area contributed by atoms with Gasteiger partial charge in [0.2, 0.25) is 0 Å². The minimum Gasteiger partial charge on any atom is -0.478 e. The van der Waals surface area contributed by atoms with Gasteiger partial charge in [-0.2, -0.15) is 0 Å². The van der Waals surface area contributed by atoms with E-state index in [4.69, 9.17) is 16.7 Å². The third kappa shape index (κ3) is 1.67. The van der Waals surface area contributed by atoms with E-state index in [9.17, 15) is 4.79 Å². The van der Waals surface area contributed by atoms with Gasteiger partial charge in [0.15, 0.2) is 0 Å². The van der Waals surface area contributed by atoms with Crippen molar-refractivity contribution in [3.63, 3.8) is 0 Å². The van der Waals surface area contributed by atoms with Crippen molar-refractivity contribution in [1.29, 1.82) is 0 Å². The van der Waals surface area contributed by atoms with Crippen molar-refractivity contribution in [2.45, 2.75) is 0 Å². The number of carboxylic acids is 1. The number of aromatic nitrogens is 3. The van der Waals surface area contributed by atoms with E-state index in [0.717, 1.165) is 0 Å². The number of fused-ring (bicyclic) bond motifs is 1. The topological polar surface area (TPSA) is 77.2 Å². The molecule has 14 heavy (non-hydrogen) atoms. The van der Waals surface area contributed by atoms with Gasteiger partial charge in [-0.05, 0) is 17.1 Å². The molecule has 0 saturated heterocycles. The monoisotopic (exact) mass is 303 g/mol. The Kier molecular flexibility index (Phi) is 3.28. The first-order chi connectivity index (χ1) is 6.20. The zero-order valence-corrected chi connectivity index (χ0v) is 8.77. The summed E-state index contributed by atoms with van der Waals surface area (Å²) in [5.41, 5.74) is 0.603. The van der Waals surface area contributed by atoms with Gasteiger partial charge in [-0.15, -0.1) is 0 Å². The van der Waals surface area contributed by atoms with Crippen LogP contribution in [0.25, 0.3) is 11.0 Å². The minimum absolute atomic E-state index is 0. The van der Waals surface area contributed by atoms with Crippen LogP contribution in [0.15, 0.2) is 12.1 Å². The zero-order chi connectivity index (χ0) is 9.42. The number of rotatable bonds is 1. The van der Waals surface area contributed by atoms with Gasteiger partial charge in [-0.1, -0.05) is 17.7 Å². The molecule has 1 aromatic carbocycles. The van der Waals surface area contributed by atoms with Crippen molar-refractivity contribution >= 4 is 28.6 Å². The fourth-order valence-electron chi connectivity index (χ4n) is 1.06. The number of carboxylic acid groups (broad SMARTS) is 1. The molecule has 0 aliphatic heterocycles. The second-order valence-electron chi connectivity index (χ2n) is 2.38. The number of hydrogen-bond donors (Lipinski definition) is 1. The summed E-state index contributed by atoms with van der Waals surface area (Å²) in [4.78, 5) is 10.8. The van der Waals surface area contributed by atoms with Crippen LogP contribution in [0.2, 0.25) is 5.02 Å². The fraction of sp³-hybridized carbons (Fsp3) is 0. The molecular formula is C7H3AgClN3O2. The summed E-state index contributed by atoms with van der Waals surface area (Å²) < 4.78 is 0. The van der Waals surface area contributed by atoms with Crippen LogP contribution in [0.1, 0.15) is 10.4 Å². The van der Waals surface area contributed by atoms with Crippen LogP contribution in [-0.2, 0) is 22.4 Å². The molecule has 0 fully saturated rings. The van der Waals surface area contributed by atoms with Crippen molar-refractivity contribution in [1.82, 2.24) is 15.4 Å². The maximum absolute atomic E-state index is 10.8. The standard InChI is InChI=1S/C7H4ClN3O2.Ag/c8-3-1-2-4-6(10-11-9-4)5(3)7(12)13;/h1-2H,(H2,9,10,11,12,13);/q;+1/p-1. The van der Waals surface area contributed by atoms with Gasteiger partial charge in [0, 0.05) is 0 Å². The first-order valence-corrected chi connectivity index (χ1v) is 3.75. The molecule has 0 saturated carbocycles. The Hall–Kier alpha value is -0.880. The van der Waals surface area contributed by atoms with E-state index in [1.165, 1.54) is 6.07 Å². The van der Waals surface area contributed by atoms with Crippen molar-refractivity contribution in [2.75, 3.05) is 0 Å². The zero-order valence-electron chi connectivity index (χ0n) is 6.53. The Morgan fingerprint density at radius 1 is 1.50 bits per heavy atom. The summed E-state index contributed by atoms with van der Waals surface area (Å²) in [5.74, 6) is -1.13. The number of benzene rings is 1. The van der Waals surface area contributed by atoms with Gasteiger partial charge >= 0.3 is 28.3 Å². The van der Waals surface area contributed by atoms with Gasteiger partial charge in [0.1, 0.15) is 0 Å². The number of carbonyl (C=O) groups is 1. The SMILES string of the molecule is O=C(O)c1c(Cl)ccc2[n-]nnc12.[Ag+]. The molecule has 0 unspecified atom stereocenters. The van der Waals surface area contributed by atoms with Crippen LogP contribution in [0.4, 0.5) is 0 Å². The van der Waals surface area contributed by atoms with Gasteiger partial charge in [-0.25, -0.2) is 4.79 Å². The van der Waals surface area contributed by atoms with Gasteiger partial charge in [0.05, 0.1) is 10.6 Å². The van der Waals surface area contributed by atoms with E-state index in [0.29, 0.717) is 5.52 Å². The first-order valence-electron chi connectivity index (χ1n) is 3.37. The molecule has 1 aromatic heterocycles. The van der Waals surface area contributed by atoms with Gasteiger partial charge < -0.3 is 15.3 Å². The Balaban J connectivity index is 0.000000980. The van der Waals surface area contributed by atoms with Crippen LogP contribution >= 0.6 is 11.6 Å². The Labute approximate surface area is 99.0 Å². The molecule has 1 N–H and O–H groups in total. The van der Waals surface area contributed by atoms with Crippen molar-refractivity contribution in [3.05, 3.63) is 22.7 Å². The molecule has 1 heterocycles. The summed E-state index contributed by atoms with van der Waals surface area (Å²) in [7, 11) is 0. The summed E-state index contributed by atoms with van der Waals surface area (Å²) >= 11 is 5.68. The number of nitrogens with zero attached hydrogens (tertiary/aromatic N) is 3. The molecular weight excluding hydrogens is 301 g/mol. The number of aromatic carboxylic acids is 1. The van der Waals surface area contributed by atoms with E-state index in [1.807, 2.05) is 0 Å². The number of halogens is 1. The molecule has 0 bridgehead atoms. The average molecular weight is 304 g/mol. The van der Waals surface area contributed by atoms with Crippen LogP contribution in [-0.4, -0.2) is 21.4 Å². The molecule has 2 aromatic rings. The Morgan fingerprint density at radius 3 is 2.86 bits per heavy atom. The summed E-state index contributed by atoms with van der Waals surface area (Å²) in [5, 5.41) is 19.5. The molecule has 5 nitrogen and oxygen atoms in total. The Bertz CT molecular complexity index is 485. The predicted octanol–water partition coefficient (Wildman–Crippen LogP) is 0.936. The van der Waals surface area contributed by atoms with Crippen LogP contribution in [0.5, 0.6) is 0 Å². The van der Waals surface area contributed by atoms with E-state index < -0.39 is 5.97 Å². The Morgan fingerprint density at radius 2 is 2.21 bits per heavy atom. The molecule has 0 spiro atoms. The predicted molar refractivity (Wildman–Crippen MR) is 44.8 cm³/mol. The fourth-order valence-corrected chi connectivity index (χ4v) is 1.29. The molecule has 0 amide bonds. The normalized spacial score (nSPS) is 9.79. The van der Waals surface area contributed by atoms with Crippen molar-refractivity contribution < 1.29 is 32.3 Å². The molecule has 2 rings (SSSR count). The molecule has 0 aliphatic carbocycles. The van der Waals surface area contributed by atoms with Crippen LogP contribution in [0, 0.1) is 0 Å². The molecule has 0 aliphatic rings. The molecule has 76 valence electrons. The third-order valence-electron chi connectivity index (χ3n) is 1.62. The largest absolute Gasteiger partial charge is 1.00 e. The van der Waals surface area contributed by atoms with E-state index >= 15 is 0 Å². The molecule has 0 radical (unpaired) electrons. The quantitative estimate of drug-likeness (QED) is 0.793. The summed E-state index contributed by atoms with van der Waals surface area (Å²) in [6, 6.07) is 3.04. The van der Waals surface area contributed by atoms with Crippen LogP contribution < -0.4 is 5.10 Å². The van der Waals surface area contributed by atoms with E-state index in [2.05, 4.69) is 15.4 Å². The van der Waals surface area contributed by atoms with Gasteiger partial charge in [-0.3, -0.25) is 5.21 Å². The molecule has 0 atom stereocenters. The number of hydrogen-bond acceptors (Lipinski definition) is 3. The maximum Gasteiger partial charge on any atom is 1.00 e. The second-order valence-corrected chi connectivity index (χ2v) is 2.79. The van der Waals surface area contributed by atoms with Crippen LogP contribution in [0.3, 0.4) is 0 Å². The minimum atomic E-state index is -1.13. The smallest absolute Gasteiger partial charge is 0.478 e. The summed E-state index contributed by atoms with van der Waals surface area (Å²) in [6.45, 7) is 0. The van der Waals surface area contributed by atoms with Crippen molar-refractivity contribution in [2.24, 2.45) is 0 Å². The van der Waals surface area contributed by atoms with E-state index in [-0.39, 0.29) is 38.5 Å². The average Bonchev–Trinajstić information content (AvgIpc) is 2.50. The van der Waals surface area contributed by atoms with Gasteiger partial charge in [0.25, 0.3) is 0 Å².